The van der Waals surface area contributed by atoms with Crippen molar-refractivity contribution in [3.8, 4) is 11.5 Å². The van der Waals surface area contributed by atoms with E-state index < -0.39 is 0 Å². The third kappa shape index (κ3) is 5.32. The summed E-state index contributed by atoms with van der Waals surface area (Å²) in [4.78, 5) is 0. The van der Waals surface area contributed by atoms with Crippen molar-refractivity contribution in [2.45, 2.75) is 20.0 Å². The molecule has 0 amide bonds. The Labute approximate surface area is 115 Å². The summed E-state index contributed by atoms with van der Waals surface area (Å²) in [6.07, 6.45) is 1.10. The SMILES string of the molecule is C=C(CNCCC)COc1ccc(CO)cc1OC. The molecule has 0 aliphatic heterocycles. The molecule has 0 aliphatic carbocycles. The molecule has 0 saturated heterocycles. The number of aliphatic hydroxyl groups is 1. The first kappa shape index (κ1) is 15.5. The zero-order valence-corrected chi connectivity index (χ0v) is 11.7. The molecule has 0 radical (unpaired) electrons. The van der Waals surface area contributed by atoms with Gasteiger partial charge in [0.25, 0.3) is 0 Å². The molecule has 19 heavy (non-hydrogen) atoms. The lowest BCUT2D eigenvalue weighted by atomic mass is 10.2. The number of aliphatic hydroxyl groups excluding tert-OH is 1. The van der Waals surface area contributed by atoms with Crippen LogP contribution in [0.1, 0.15) is 18.9 Å². The molecule has 0 aromatic heterocycles. The van der Waals surface area contributed by atoms with Gasteiger partial charge in [-0.1, -0.05) is 19.6 Å². The molecule has 0 unspecified atom stereocenters. The van der Waals surface area contributed by atoms with E-state index in [9.17, 15) is 0 Å². The van der Waals surface area contributed by atoms with Crippen molar-refractivity contribution in [3.63, 3.8) is 0 Å². The zero-order valence-electron chi connectivity index (χ0n) is 11.7. The Bertz CT molecular complexity index is 404. The molecule has 1 aromatic carbocycles. The predicted molar refractivity (Wildman–Crippen MR) is 76.7 cm³/mol. The van der Waals surface area contributed by atoms with Crippen LogP contribution in [0, 0.1) is 0 Å². The summed E-state index contributed by atoms with van der Waals surface area (Å²) in [5.41, 5.74) is 1.79. The van der Waals surface area contributed by atoms with Gasteiger partial charge < -0.3 is 19.9 Å². The smallest absolute Gasteiger partial charge is 0.161 e. The normalized spacial score (nSPS) is 10.3. The molecule has 0 fully saturated rings. The molecule has 4 nitrogen and oxygen atoms in total. The Morgan fingerprint density at radius 3 is 2.79 bits per heavy atom. The highest BCUT2D eigenvalue weighted by atomic mass is 16.5. The van der Waals surface area contributed by atoms with Crippen LogP contribution in [0.15, 0.2) is 30.4 Å². The lowest BCUT2D eigenvalue weighted by molar-refractivity contribution is 0.279. The van der Waals surface area contributed by atoms with E-state index in [2.05, 4.69) is 18.8 Å². The fraction of sp³-hybridized carbons (Fsp3) is 0.467. The molecule has 0 spiro atoms. The maximum Gasteiger partial charge on any atom is 0.161 e. The van der Waals surface area contributed by atoms with Gasteiger partial charge in [-0.25, -0.2) is 0 Å². The van der Waals surface area contributed by atoms with Gasteiger partial charge in [-0.15, -0.1) is 0 Å². The summed E-state index contributed by atoms with van der Waals surface area (Å²) in [6.45, 7) is 8.26. The second-order valence-corrected chi connectivity index (χ2v) is 4.36. The first-order valence-electron chi connectivity index (χ1n) is 6.49. The van der Waals surface area contributed by atoms with E-state index >= 15 is 0 Å². The third-order valence-corrected chi connectivity index (χ3v) is 2.64. The second-order valence-electron chi connectivity index (χ2n) is 4.36. The van der Waals surface area contributed by atoms with Crippen molar-refractivity contribution in [2.24, 2.45) is 0 Å². The van der Waals surface area contributed by atoms with E-state index in [4.69, 9.17) is 14.6 Å². The fourth-order valence-corrected chi connectivity index (χ4v) is 1.60. The van der Waals surface area contributed by atoms with Crippen LogP contribution in [-0.2, 0) is 6.61 Å². The van der Waals surface area contributed by atoms with Gasteiger partial charge in [0.15, 0.2) is 11.5 Å². The van der Waals surface area contributed by atoms with Crippen molar-refractivity contribution in [3.05, 3.63) is 35.9 Å². The maximum atomic E-state index is 9.07. The molecular weight excluding hydrogens is 242 g/mol. The Kier molecular flexibility index (Phi) is 7.00. The van der Waals surface area contributed by atoms with E-state index in [1.807, 2.05) is 6.07 Å². The van der Waals surface area contributed by atoms with Crippen LogP contribution in [0.4, 0.5) is 0 Å². The molecule has 0 bridgehead atoms. The standard InChI is InChI=1S/C15H23NO3/c1-4-7-16-9-12(2)11-19-14-6-5-13(10-17)8-15(14)18-3/h5-6,8,16-17H,2,4,7,9-11H2,1,3H3. The lowest BCUT2D eigenvalue weighted by Crippen LogP contribution is -2.20. The highest BCUT2D eigenvalue weighted by Crippen LogP contribution is 2.28. The Morgan fingerprint density at radius 1 is 1.37 bits per heavy atom. The molecule has 106 valence electrons. The van der Waals surface area contributed by atoms with Gasteiger partial charge in [0.05, 0.1) is 13.7 Å². The van der Waals surface area contributed by atoms with E-state index in [-0.39, 0.29) is 6.61 Å². The van der Waals surface area contributed by atoms with Crippen LogP contribution < -0.4 is 14.8 Å². The van der Waals surface area contributed by atoms with Crippen LogP contribution in [-0.4, -0.2) is 31.9 Å². The van der Waals surface area contributed by atoms with Gasteiger partial charge >= 0.3 is 0 Å². The van der Waals surface area contributed by atoms with Crippen LogP contribution in [0.5, 0.6) is 11.5 Å². The fourth-order valence-electron chi connectivity index (χ4n) is 1.60. The summed E-state index contributed by atoms with van der Waals surface area (Å²) in [7, 11) is 1.58. The van der Waals surface area contributed by atoms with Crippen molar-refractivity contribution >= 4 is 0 Å². The number of hydrogen-bond donors (Lipinski definition) is 2. The molecule has 0 saturated carbocycles. The molecule has 0 aliphatic rings. The van der Waals surface area contributed by atoms with Gasteiger partial charge in [-0.3, -0.25) is 0 Å². The monoisotopic (exact) mass is 265 g/mol. The number of nitrogens with one attached hydrogen (secondary N) is 1. The van der Waals surface area contributed by atoms with Gasteiger partial charge in [0, 0.05) is 6.54 Å². The van der Waals surface area contributed by atoms with Crippen LogP contribution in [0.3, 0.4) is 0 Å². The molecule has 0 atom stereocenters. The molecule has 4 heteroatoms. The average molecular weight is 265 g/mol. The van der Waals surface area contributed by atoms with Gasteiger partial charge in [0.2, 0.25) is 0 Å². The van der Waals surface area contributed by atoms with E-state index in [0.29, 0.717) is 18.1 Å². The quantitative estimate of drug-likeness (QED) is 0.530. The topological polar surface area (TPSA) is 50.7 Å². The minimum Gasteiger partial charge on any atom is -0.493 e. The number of hydrogen-bond acceptors (Lipinski definition) is 4. The van der Waals surface area contributed by atoms with E-state index in [0.717, 1.165) is 30.6 Å². The van der Waals surface area contributed by atoms with Crippen LogP contribution in [0.25, 0.3) is 0 Å². The van der Waals surface area contributed by atoms with Crippen LogP contribution in [0.2, 0.25) is 0 Å². The summed E-state index contributed by atoms with van der Waals surface area (Å²) < 4.78 is 10.9. The number of ether oxygens (including phenoxy) is 2. The molecular formula is C15H23NO3. The third-order valence-electron chi connectivity index (χ3n) is 2.64. The largest absolute Gasteiger partial charge is 0.493 e. The minimum atomic E-state index is -0.00964. The van der Waals surface area contributed by atoms with Gasteiger partial charge in [0.1, 0.15) is 6.61 Å². The zero-order chi connectivity index (χ0) is 14.1. The van der Waals surface area contributed by atoms with Crippen molar-refractivity contribution < 1.29 is 14.6 Å². The summed E-state index contributed by atoms with van der Waals surface area (Å²) >= 11 is 0. The van der Waals surface area contributed by atoms with E-state index in [1.54, 1.807) is 19.2 Å². The van der Waals surface area contributed by atoms with Crippen molar-refractivity contribution in [1.29, 1.82) is 0 Å². The molecule has 2 N–H and O–H groups in total. The number of rotatable bonds is 9. The Balaban J connectivity index is 2.50. The second kappa shape index (κ2) is 8.56. The summed E-state index contributed by atoms with van der Waals surface area (Å²) in [6, 6.07) is 5.39. The van der Waals surface area contributed by atoms with Gasteiger partial charge in [-0.2, -0.15) is 0 Å². The number of benzene rings is 1. The molecule has 1 aromatic rings. The first-order chi connectivity index (χ1) is 9.21. The van der Waals surface area contributed by atoms with Crippen LogP contribution >= 0.6 is 0 Å². The Hall–Kier alpha value is -1.52. The average Bonchev–Trinajstić information content (AvgIpc) is 2.45. The highest BCUT2D eigenvalue weighted by molar-refractivity contribution is 5.43. The molecule has 0 heterocycles. The van der Waals surface area contributed by atoms with Crippen molar-refractivity contribution in [1.82, 2.24) is 5.32 Å². The summed E-state index contributed by atoms with van der Waals surface area (Å²) in [5, 5.41) is 12.3. The molecule has 1 rings (SSSR count). The minimum absolute atomic E-state index is 0.00964. The van der Waals surface area contributed by atoms with E-state index in [1.165, 1.54) is 0 Å². The Morgan fingerprint density at radius 2 is 2.16 bits per heavy atom. The number of methoxy groups -OCH3 is 1. The predicted octanol–water partition coefficient (Wildman–Crippen LogP) is 2.12. The van der Waals surface area contributed by atoms with Gasteiger partial charge in [-0.05, 0) is 36.2 Å². The van der Waals surface area contributed by atoms with Crippen molar-refractivity contribution in [2.75, 3.05) is 26.8 Å². The first-order valence-corrected chi connectivity index (χ1v) is 6.49. The maximum absolute atomic E-state index is 9.07. The summed E-state index contributed by atoms with van der Waals surface area (Å²) in [5.74, 6) is 1.29. The lowest BCUT2D eigenvalue weighted by Gasteiger charge is -2.13. The highest BCUT2D eigenvalue weighted by Gasteiger charge is 2.06.